The summed E-state index contributed by atoms with van der Waals surface area (Å²) in [5.74, 6) is 0.650. The highest BCUT2D eigenvalue weighted by Crippen LogP contribution is 2.16. The van der Waals surface area contributed by atoms with Crippen molar-refractivity contribution in [2.45, 2.75) is 6.54 Å². The van der Waals surface area contributed by atoms with E-state index in [0.717, 1.165) is 38.3 Å². The van der Waals surface area contributed by atoms with Gasteiger partial charge in [-0.3, -0.25) is 4.90 Å². The second kappa shape index (κ2) is 5.24. The van der Waals surface area contributed by atoms with Gasteiger partial charge >= 0.3 is 0 Å². The molecule has 0 unspecified atom stereocenters. The Morgan fingerprint density at radius 2 is 2.11 bits per heavy atom. The van der Waals surface area contributed by atoms with Crippen molar-refractivity contribution in [2.75, 3.05) is 26.2 Å². The van der Waals surface area contributed by atoms with Crippen LogP contribution in [-0.4, -0.2) is 51.7 Å². The largest absolute Gasteiger partial charge is 0.314 e. The maximum Gasteiger partial charge on any atom is 0.204 e. The Balaban J connectivity index is 1.74. The first kappa shape index (κ1) is 11.3. The number of nitrogens with zero attached hydrogens (tertiary/aromatic N) is 4. The number of nitrogens with one attached hydrogen (secondary N) is 2. The molecule has 2 aromatic rings. The lowest BCUT2D eigenvalue weighted by Gasteiger charge is -2.27. The van der Waals surface area contributed by atoms with Crippen LogP contribution in [0.1, 0.15) is 5.56 Å². The first-order valence-electron chi connectivity index (χ1n) is 6.18. The van der Waals surface area contributed by atoms with E-state index in [0.29, 0.717) is 5.82 Å². The Bertz CT molecular complexity index is 489. The number of piperazine rings is 1. The highest BCUT2D eigenvalue weighted by atomic mass is 15.5. The van der Waals surface area contributed by atoms with Gasteiger partial charge in [0.2, 0.25) is 5.82 Å². The van der Waals surface area contributed by atoms with E-state index in [-0.39, 0.29) is 0 Å². The quantitative estimate of drug-likeness (QED) is 0.811. The van der Waals surface area contributed by atoms with Crippen LogP contribution in [0.25, 0.3) is 11.4 Å². The fourth-order valence-corrected chi connectivity index (χ4v) is 2.22. The third-order valence-corrected chi connectivity index (χ3v) is 3.15. The molecule has 0 radical (unpaired) electrons. The molecule has 6 heteroatoms. The molecule has 2 N–H and O–H groups in total. The zero-order valence-electron chi connectivity index (χ0n) is 10.1. The molecule has 0 amide bonds. The molecule has 1 aliphatic heterocycles. The van der Waals surface area contributed by atoms with Crippen molar-refractivity contribution < 1.29 is 0 Å². The van der Waals surface area contributed by atoms with Crippen LogP contribution in [0, 0.1) is 0 Å². The summed E-state index contributed by atoms with van der Waals surface area (Å²) < 4.78 is 0. The molecule has 1 fully saturated rings. The van der Waals surface area contributed by atoms with Crippen molar-refractivity contribution >= 4 is 0 Å². The minimum atomic E-state index is 0.650. The fourth-order valence-electron chi connectivity index (χ4n) is 2.22. The van der Waals surface area contributed by atoms with Gasteiger partial charge < -0.3 is 5.32 Å². The molecule has 3 rings (SSSR count). The first-order valence-corrected chi connectivity index (χ1v) is 6.18. The van der Waals surface area contributed by atoms with E-state index in [4.69, 9.17) is 0 Å². The summed E-state index contributed by atoms with van der Waals surface area (Å²) in [6.07, 6.45) is 0. The molecule has 6 nitrogen and oxygen atoms in total. The van der Waals surface area contributed by atoms with E-state index >= 15 is 0 Å². The van der Waals surface area contributed by atoms with Crippen LogP contribution in [-0.2, 0) is 6.54 Å². The summed E-state index contributed by atoms with van der Waals surface area (Å²) in [5.41, 5.74) is 2.30. The predicted molar refractivity (Wildman–Crippen MR) is 67.8 cm³/mol. The summed E-state index contributed by atoms with van der Waals surface area (Å²) in [6.45, 7) is 5.33. The summed E-state index contributed by atoms with van der Waals surface area (Å²) in [7, 11) is 0. The number of benzene rings is 1. The lowest BCUT2D eigenvalue weighted by molar-refractivity contribution is 0.233. The topological polar surface area (TPSA) is 69.7 Å². The summed E-state index contributed by atoms with van der Waals surface area (Å²) in [6, 6.07) is 8.33. The minimum Gasteiger partial charge on any atom is -0.314 e. The van der Waals surface area contributed by atoms with Crippen molar-refractivity contribution in [2.24, 2.45) is 0 Å². The Morgan fingerprint density at radius 1 is 1.22 bits per heavy atom. The van der Waals surface area contributed by atoms with Gasteiger partial charge in [0.15, 0.2) is 0 Å². The number of hydrogen-bond donors (Lipinski definition) is 2. The normalized spacial score (nSPS) is 16.9. The second-order valence-corrected chi connectivity index (χ2v) is 4.46. The molecule has 1 aromatic heterocycles. The number of aromatic nitrogens is 4. The van der Waals surface area contributed by atoms with Crippen LogP contribution in [0.5, 0.6) is 0 Å². The third kappa shape index (κ3) is 2.55. The van der Waals surface area contributed by atoms with E-state index in [1.165, 1.54) is 5.56 Å². The predicted octanol–water partition coefficient (Wildman–Crippen LogP) is 0.272. The number of hydrogen-bond acceptors (Lipinski definition) is 5. The van der Waals surface area contributed by atoms with Crippen LogP contribution < -0.4 is 5.32 Å². The Kier molecular flexibility index (Phi) is 3.29. The molecular formula is C12H16N6. The monoisotopic (exact) mass is 244 g/mol. The zero-order valence-corrected chi connectivity index (χ0v) is 10.1. The van der Waals surface area contributed by atoms with Crippen LogP contribution in [0.3, 0.4) is 0 Å². The van der Waals surface area contributed by atoms with E-state index in [1.54, 1.807) is 0 Å². The maximum absolute atomic E-state index is 4.00. The fraction of sp³-hybridized carbons (Fsp3) is 0.417. The van der Waals surface area contributed by atoms with Crippen molar-refractivity contribution in [3.8, 4) is 11.4 Å². The zero-order chi connectivity index (χ0) is 12.2. The van der Waals surface area contributed by atoms with E-state index in [1.807, 2.05) is 12.1 Å². The highest BCUT2D eigenvalue weighted by Gasteiger charge is 2.10. The van der Waals surface area contributed by atoms with Gasteiger partial charge in [0.1, 0.15) is 0 Å². The summed E-state index contributed by atoms with van der Waals surface area (Å²) in [4.78, 5) is 2.45. The average molecular weight is 244 g/mol. The Morgan fingerprint density at radius 3 is 2.89 bits per heavy atom. The molecule has 1 saturated heterocycles. The molecule has 0 atom stereocenters. The molecule has 0 bridgehead atoms. The average Bonchev–Trinajstić information content (AvgIpc) is 2.94. The lowest BCUT2D eigenvalue weighted by atomic mass is 10.1. The van der Waals surface area contributed by atoms with E-state index in [2.05, 4.69) is 43.0 Å². The molecule has 1 aliphatic rings. The summed E-state index contributed by atoms with van der Waals surface area (Å²) >= 11 is 0. The standard InChI is InChI=1S/C12H16N6/c1-2-10(9-18-6-4-13-5-7-18)8-11(3-1)12-14-16-17-15-12/h1-3,8,13H,4-7,9H2,(H,14,15,16,17). The van der Waals surface area contributed by atoms with Gasteiger partial charge in [0.05, 0.1) is 0 Å². The molecule has 0 spiro atoms. The third-order valence-electron chi connectivity index (χ3n) is 3.15. The van der Waals surface area contributed by atoms with Crippen LogP contribution >= 0.6 is 0 Å². The van der Waals surface area contributed by atoms with Gasteiger partial charge in [-0.1, -0.05) is 18.2 Å². The first-order chi connectivity index (χ1) is 8.92. The van der Waals surface area contributed by atoms with Crippen molar-refractivity contribution in [3.05, 3.63) is 29.8 Å². The molecule has 0 aliphatic carbocycles. The number of H-pyrrole nitrogens is 1. The Hall–Kier alpha value is -1.79. The van der Waals surface area contributed by atoms with Gasteiger partial charge in [-0.2, -0.15) is 5.21 Å². The Labute approximate surface area is 105 Å². The highest BCUT2D eigenvalue weighted by molar-refractivity contribution is 5.54. The van der Waals surface area contributed by atoms with Gasteiger partial charge in [0.25, 0.3) is 0 Å². The van der Waals surface area contributed by atoms with Gasteiger partial charge in [-0.15, -0.1) is 10.2 Å². The molecule has 94 valence electrons. The van der Waals surface area contributed by atoms with Gasteiger partial charge in [-0.25, -0.2) is 0 Å². The van der Waals surface area contributed by atoms with Crippen LogP contribution in [0.4, 0.5) is 0 Å². The maximum atomic E-state index is 4.00. The number of rotatable bonds is 3. The van der Waals surface area contributed by atoms with E-state index in [9.17, 15) is 0 Å². The molecular weight excluding hydrogens is 228 g/mol. The lowest BCUT2D eigenvalue weighted by Crippen LogP contribution is -2.42. The van der Waals surface area contributed by atoms with Gasteiger partial charge in [-0.05, 0) is 16.8 Å². The van der Waals surface area contributed by atoms with E-state index < -0.39 is 0 Å². The van der Waals surface area contributed by atoms with Crippen molar-refractivity contribution in [1.29, 1.82) is 0 Å². The van der Waals surface area contributed by atoms with Crippen LogP contribution in [0.15, 0.2) is 24.3 Å². The SMILES string of the molecule is c1cc(CN2CCNCC2)cc(-c2nn[nH]n2)c1. The van der Waals surface area contributed by atoms with Crippen molar-refractivity contribution in [1.82, 2.24) is 30.8 Å². The molecule has 1 aromatic carbocycles. The number of aromatic amines is 1. The van der Waals surface area contributed by atoms with Crippen LogP contribution in [0.2, 0.25) is 0 Å². The molecule has 2 heterocycles. The second-order valence-electron chi connectivity index (χ2n) is 4.46. The molecule has 18 heavy (non-hydrogen) atoms. The minimum absolute atomic E-state index is 0.650. The summed E-state index contributed by atoms with van der Waals surface area (Å²) in [5, 5.41) is 17.4. The number of tetrazole rings is 1. The smallest absolute Gasteiger partial charge is 0.204 e. The molecule has 0 saturated carbocycles. The van der Waals surface area contributed by atoms with Gasteiger partial charge in [0, 0.05) is 38.3 Å². The van der Waals surface area contributed by atoms with Crippen molar-refractivity contribution in [3.63, 3.8) is 0 Å².